The molecule has 3 aromatic rings. The predicted molar refractivity (Wildman–Crippen MR) is 164 cm³/mol. The lowest BCUT2D eigenvalue weighted by atomic mass is 10.1. The number of ether oxygens (including phenoxy) is 1. The highest BCUT2D eigenvalue weighted by atomic mass is 35.5. The minimum atomic E-state index is -1.48. The first kappa shape index (κ1) is 32.0. The number of hydrogen-bond donors (Lipinski definition) is 3. The van der Waals surface area contributed by atoms with Crippen LogP contribution >= 0.6 is 69.6 Å². The summed E-state index contributed by atoms with van der Waals surface area (Å²) in [6.45, 7) is 0.366. The average Bonchev–Trinajstić information content (AvgIpc) is 3.25. The van der Waals surface area contributed by atoms with Crippen molar-refractivity contribution in [3.8, 4) is 0 Å². The van der Waals surface area contributed by atoms with E-state index < -0.39 is 63.0 Å². The lowest BCUT2D eigenvalue weighted by Crippen LogP contribution is -2.28. The van der Waals surface area contributed by atoms with E-state index >= 15 is 4.39 Å². The normalized spacial score (nSPS) is 20.4. The third-order valence-electron chi connectivity index (χ3n) is 6.99. The lowest BCUT2D eigenvalue weighted by Gasteiger charge is -2.15. The zero-order chi connectivity index (χ0) is 31.2. The first-order chi connectivity index (χ1) is 20.3. The van der Waals surface area contributed by atoms with Gasteiger partial charge in [-0.2, -0.15) is 0 Å². The maximum atomic E-state index is 15.2. The SMILES string of the molecule is O=C(Nc1ccc(F)c(NC(=O)C2CCCO2)c1F)c1cc(NC(=O)C2[C@H](c3cc(Cl)c(Cl)c(Cl)c3)C2(Cl)Cl)ccc1Cl. The monoisotopic (exact) mass is 709 g/mol. The molecule has 7 nitrogen and oxygen atoms in total. The Kier molecular flexibility index (Phi) is 9.35. The summed E-state index contributed by atoms with van der Waals surface area (Å²) in [5, 5.41) is 7.60. The second-order valence-corrected chi connectivity index (χ2v) is 12.9. The Morgan fingerprint density at radius 1 is 0.860 bits per heavy atom. The first-order valence-electron chi connectivity index (χ1n) is 12.6. The average molecular weight is 712 g/mol. The molecule has 5 rings (SSSR count). The number of rotatable bonds is 7. The van der Waals surface area contributed by atoms with Crippen molar-refractivity contribution in [1.29, 1.82) is 0 Å². The Morgan fingerprint density at radius 3 is 2.21 bits per heavy atom. The van der Waals surface area contributed by atoms with Gasteiger partial charge in [0.05, 0.1) is 37.3 Å². The number of amides is 3. The quantitative estimate of drug-likeness (QED) is 0.169. The van der Waals surface area contributed by atoms with Crippen molar-refractivity contribution in [1.82, 2.24) is 0 Å². The summed E-state index contributed by atoms with van der Waals surface area (Å²) >= 11 is 37.3. The molecule has 1 aliphatic carbocycles. The van der Waals surface area contributed by atoms with E-state index in [0.717, 1.165) is 12.1 Å². The van der Waals surface area contributed by atoms with Crippen molar-refractivity contribution in [3.63, 3.8) is 0 Å². The van der Waals surface area contributed by atoms with Gasteiger partial charge in [0.1, 0.15) is 21.9 Å². The largest absolute Gasteiger partial charge is 0.368 e. The highest BCUT2D eigenvalue weighted by molar-refractivity contribution is 6.54. The molecule has 3 N–H and O–H groups in total. The number of nitrogens with one attached hydrogen (secondary N) is 3. The molecule has 2 fully saturated rings. The van der Waals surface area contributed by atoms with Gasteiger partial charge in [-0.1, -0.05) is 46.4 Å². The highest BCUT2D eigenvalue weighted by Crippen LogP contribution is 2.65. The fourth-order valence-electron chi connectivity index (χ4n) is 4.76. The zero-order valence-corrected chi connectivity index (χ0v) is 26.1. The van der Waals surface area contributed by atoms with Crippen molar-refractivity contribution >= 4 is 104 Å². The van der Waals surface area contributed by atoms with E-state index in [1.165, 1.54) is 30.3 Å². The van der Waals surface area contributed by atoms with Gasteiger partial charge in [-0.25, -0.2) is 8.78 Å². The van der Waals surface area contributed by atoms with E-state index in [9.17, 15) is 18.8 Å². The topological polar surface area (TPSA) is 96.5 Å². The smallest absolute Gasteiger partial charge is 0.257 e. The summed E-state index contributed by atoms with van der Waals surface area (Å²) in [6.07, 6.45) is 0.230. The molecule has 226 valence electrons. The fourth-order valence-corrected chi connectivity index (χ4v) is 6.41. The van der Waals surface area contributed by atoms with E-state index in [2.05, 4.69) is 16.0 Å². The van der Waals surface area contributed by atoms with Crippen LogP contribution in [0.1, 0.15) is 34.7 Å². The number of carbonyl (C=O) groups is 3. The Morgan fingerprint density at radius 2 is 1.56 bits per heavy atom. The molecule has 1 aliphatic heterocycles. The van der Waals surface area contributed by atoms with E-state index in [4.69, 9.17) is 74.3 Å². The summed E-state index contributed by atoms with van der Waals surface area (Å²) < 4.78 is 33.3. The van der Waals surface area contributed by atoms with Crippen molar-refractivity contribution in [3.05, 3.63) is 85.3 Å². The van der Waals surface area contributed by atoms with Crippen molar-refractivity contribution in [2.45, 2.75) is 29.2 Å². The van der Waals surface area contributed by atoms with E-state index in [1.54, 1.807) is 0 Å². The molecule has 2 aliphatic rings. The highest BCUT2D eigenvalue weighted by Gasteiger charge is 2.67. The van der Waals surface area contributed by atoms with Gasteiger partial charge in [0, 0.05) is 18.2 Å². The molecule has 3 atom stereocenters. The third-order valence-corrected chi connectivity index (χ3v) is 9.46. The number of anilines is 3. The third kappa shape index (κ3) is 6.54. The van der Waals surface area contributed by atoms with Crippen LogP contribution in [0.5, 0.6) is 0 Å². The summed E-state index contributed by atoms with van der Waals surface area (Å²) in [5.41, 5.74) is -0.633. The minimum Gasteiger partial charge on any atom is -0.368 e. The summed E-state index contributed by atoms with van der Waals surface area (Å²) in [7, 11) is 0. The van der Waals surface area contributed by atoms with E-state index in [-0.39, 0.29) is 31.3 Å². The van der Waals surface area contributed by atoms with Crippen LogP contribution in [0.4, 0.5) is 25.8 Å². The van der Waals surface area contributed by atoms with Crippen LogP contribution in [-0.4, -0.2) is 34.8 Å². The molecular formula is C28H19Cl6F2N3O4. The van der Waals surface area contributed by atoms with E-state index in [1.807, 2.05) is 0 Å². The summed E-state index contributed by atoms with van der Waals surface area (Å²) in [4.78, 5) is 38.5. The number of alkyl halides is 2. The van der Waals surface area contributed by atoms with Crippen LogP contribution in [0.25, 0.3) is 0 Å². The maximum Gasteiger partial charge on any atom is 0.257 e. The van der Waals surface area contributed by atoms with Gasteiger partial charge in [-0.3, -0.25) is 14.4 Å². The van der Waals surface area contributed by atoms with Crippen LogP contribution in [-0.2, 0) is 14.3 Å². The number of hydrogen-bond acceptors (Lipinski definition) is 4. The second-order valence-electron chi connectivity index (χ2n) is 9.84. The molecule has 1 heterocycles. The molecule has 43 heavy (non-hydrogen) atoms. The van der Waals surface area contributed by atoms with Crippen LogP contribution in [0, 0.1) is 17.6 Å². The lowest BCUT2D eigenvalue weighted by molar-refractivity contribution is -0.124. The molecule has 3 aromatic carbocycles. The molecule has 0 bridgehead atoms. The molecule has 0 aromatic heterocycles. The molecule has 2 unspecified atom stereocenters. The Labute approximate surface area is 274 Å². The van der Waals surface area contributed by atoms with Gasteiger partial charge in [0.15, 0.2) is 5.82 Å². The Balaban J connectivity index is 1.31. The van der Waals surface area contributed by atoms with Gasteiger partial charge in [-0.15, -0.1) is 23.2 Å². The maximum absolute atomic E-state index is 15.2. The first-order valence-corrected chi connectivity index (χ1v) is 14.9. The van der Waals surface area contributed by atoms with Crippen molar-refractivity contribution < 1.29 is 27.9 Å². The summed E-state index contributed by atoms with van der Waals surface area (Å²) in [6, 6.07) is 8.96. The van der Waals surface area contributed by atoms with Crippen LogP contribution in [0.15, 0.2) is 42.5 Å². The molecular weight excluding hydrogens is 693 g/mol. The van der Waals surface area contributed by atoms with Gasteiger partial charge in [0.25, 0.3) is 11.8 Å². The number of benzene rings is 3. The molecule has 0 spiro atoms. The van der Waals surface area contributed by atoms with Crippen molar-refractivity contribution in [2.75, 3.05) is 22.6 Å². The Bertz CT molecular complexity index is 1630. The standard InChI is InChI=1S/C28H19Cl6F2N3O4/c29-14-4-3-12(37-27(42)21-20(28(21,33)34)11-8-15(30)22(32)16(31)9-11)10-13(14)25(40)38-18-6-5-17(35)24(23(18)36)39-26(41)19-2-1-7-43-19/h3-6,8-10,19-21H,1-2,7H2,(H,37,42)(H,38,40)(H,39,41)/t19?,20-,21?/m0/s1. The molecule has 15 heteroatoms. The van der Waals surface area contributed by atoms with Gasteiger partial charge in [0.2, 0.25) is 5.91 Å². The molecule has 3 amide bonds. The molecule has 1 saturated heterocycles. The van der Waals surface area contributed by atoms with Gasteiger partial charge >= 0.3 is 0 Å². The van der Waals surface area contributed by atoms with Crippen LogP contribution < -0.4 is 16.0 Å². The van der Waals surface area contributed by atoms with E-state index in [0.29, 0.717) is 25.0 Å². The minimum absolute atomic E-state index is 0.0243. The van der Waals surface area contributed by atoms with Crippen LogP contribution in [0.2, 0.25) is 20.1 Å². The van der Waals surface area contributed by atoms with Crippen LogP contribution in [0.3, 0.4) is 0 Å². The number of carbonyl (C=O) groups excluding carboxylic acids is 3. The van der Waals surface area contributed by atoms with Gasteiger partial charge < -0.3 is 20.7 Å². The van der Waals surface area contributed by atoms with Crippen molar-refractivity contribution in [2.24, 2.45) is 5.92 Å². The molecule has 1 saturated carbocycles. The predicted octanol–water partition coefficient (Wildman–Crippen LogP) is 8.47. The number of halogens is 8. The fraction of sp³-hybridized carbons (Fsp3) is 0.250. The summed E-state index contributed by atoms with van der Waals surface area (Å²) in [5.74, 6) is -5.96. The molecule has 0 radical (unpaired) electrons. The zero-order valence-electron chi connectivity index (χ0n) is 21.6. The Hall–Kier alpha value is -2.37. The van der Waals surface area contributed by atoms with Gasteiger partial charge in [-0.05, 0) is 60.9 Å². The second kappa shape index (κ2) is 12.6.